The lowest BCUT2D eigenvalue weighted by Gasteiger charge is -2.15. The van der Waals surface area contributed by atoms with Crippen molar-refractivity contribution in [1.29, 1.82) is 0 Å². The van der Waals surface area contributed by atoms with Gasteiger partial charge in [-0.25, -0.2) is 0 Å². The second-order valence-corrected chi connectivity index (χ2v) is 6.47. The van der Waals surface area contributed by atoms with Gasteiger partial charge in [-0.05, 0) is 62.6 Å². The third kappa shape index (κ3) is 6.68. The van der Waals surface area contributed by atoms with Crippen LogP contribution in [0.5, 0.6) is 17.2 Å². The minimum atomic E-state index is -0.589. The zero-order chi connectivity index (χ0) is 19.6. The van der Waals surface area contributed by atoms with Gasteiger partial charge in [-0.3, -0.25) is 4.79 Å². The van der Waals surface area contributed by atoms with Gasteiger partial charge < -0.3 is 19.5 Å². The Hall–Kier alpha value is -2.40. The Morgan fingerprint density at radius 1 is 1.19 bits per heavy atom. The van der Waals surface area contributed by atoms with E-state index in [1.807, 2.05) is 25.1 Å². The summed E-state index contributed by atoms with van der Waals surface area (Å²) in [4.78, 5) is 12.2. The monoisotopic (exact) mass is 391 g/mol. The summed E-state index contributed by atoms with van der Waals surface area (Å²) >= 11 is 5.92. The molecular weight excluding hydrogens is 366 g/mol. The third-order valence-corrected chi connectivity index (χ3v) is 4.18. The standard InChI is InChI=1S/C21H26ClNO4/c1-4-26-19-11-10-16(13-20(19)25-3)7-6-12-23-21(24)15(2)27-18-9-5-8-17(22)14-18/h5,8-11,13-15H,4,6-7,12H2,1-3H3,(H,23,24). The van der Waals surface area contributed by atoms with Gasteiger partial charge in [-0.2, -0.15) is 0 Å². The van der Waals surface area contributed by atoms with E-state index in [0.717, 1.165) is 29.9 Å². The maximum Gasteiger partial charge on any atom is 0.260 e. The highest BCUT2D eigenvalue weighted by Gasteiger charge is 2.14. The molecule has 1 unspecified atom stereocenters. The number of aryl methyl sites for hydroxylation is 1. The molecule has 2 aromatic carbocycles. The predicted octanol–water partition coefficient (Wildman–Crippen LogP) is 4.26. The number of hydrogen-bond acceptors (Lipinski definition) is 4. The molecule has 1 atom stereocenters. The number of carbonyl (C=O) groups excluding carboxylic acids is 1. The summed E-state index contributed by atoms with van der Waals surface area (Å²) in [6.07, 6.45) is 1.05. The highest BCUT2D eigenvalue weighted by atomic mass is 35.5. The SMILES string of the molecule is CCOc1ccc(CCCNC(=O)C(C)Oc2cccc(Cl)c2)cc1OC. The summed E-state index contributed by atoms with van der Waals surface area (Å²) in [5, 5.41) is 3.47. The summed E-state index contributed by atoms with van der Waals surface area (Å²) in [6, 6.07) is 12.9. The van der Waals surface area contributed by atoms with Gasteiger partial charge >= 0.3 is 0 Å². The average molecular weight is 392 g/mol. The van der Waals surface area contributed by atoms with E-state index in [4.69, 9.17) is 25.8 Å². The van der Waals surface area contributed by atoms with Crippen LogP contribution >= 0.6 is 11.6 Å². The van der Waals surface area contributed by atoms with Crippen LogP contribution in [-0.4, -0.2) is 32.3 Å². The van der Waals surface area contributed by atoms with Crippen LogP contribution in [-0.2, 0) is 11.2 Å². The number of rotatable bonds is 10. The number of hydrogen-bond donors (Lipinski definition) is 1. The quantitative estimate of drug-likeness (QED) is 0.615. The van der Waals surface area contributed by atoms with E-state index in [2.05, 4.69) is 5.32 Å². The van der Waals surface area contributed by atoms with E-state index in [-0.39, 0.29) is 5.91 Å². The smallest absolute Gasteiger partial charge is 0.260 e. The topological polar surface area (TPSA) is 56.8 Å². The molecular formula is C21H26ClNO4. The van der Waals surface area contributed by atoms with E-state index in [1.54, 1.807) is 38.3 Å². The molecule has 0 aromatic heterocycles. The zero-order valence-corrected chi connectivity index (χ0v) is 16.7. The molecule has 0 heterocycles. The van der Waals surface area contributed by atoms with Crippen LogP contribution in [0.4, 0.5) is 0 Å². The Morgan fingerprint density at radius 3 is 2.70 bits per heavy atom. The largest absolute Gasteiger partial charge is 0.493 e. The van der Waals surface area contributed by atoms with Gasteiger partial charge in [0.1, 0.15) is 5.75 Å². The molecule has 0 radical (unpaired) electrons. The third-order valence-electron chi connectivity index (χ3n) is 3.95. The second-order valence-electron chi connectivity index (χ2n) is 6.03. The Morgan fingerprint density at radius 2 is 2.00 bits per heavy atom. The van der Waals surface area contributed by atoms with Crippen molar-refractivity contribution in [2.45, 2.75) is 32.8 Å². The van der Waals surface area contributed by atoms with Crippen molar-refractivity contribution < 1.29 is 19.0 Å². The molecule has 5 nitrogen and oxygen atoms in total. The number of nitrogens with one attached hydrogen (secondary N) is 1. The summed E-state index contributed by atoms with van der Waals surface area (Å²) in [6.45, 7) is 4.81. The molecule has 27 heavy (non-hydrogen) atoms. The molecule has 6 heteroatoms. The van der Waals surface area contributed by atoms with Crippen molar-refractivity contribution in [2.75, 3.05) is 20.3 Å². The molecule has 0 saturated carbocycles. The normalized spacial score (nSPS) is 11.6. The first kappa shape index (κ1) is 20.9. The molecule has 0 aliphatic rings. The van der Waals surface area contributed by atoms with Crippen LogP contribution in [0.15, 0.2) is 42.5 Å². The van der Waals surface area contributed by atoms with Crippen molar-refractivity contribution in [3.8, 4) is 17.2 Å². The maximum atomic E-state index is 12.2. The van der Waals surface area contributed by atoms with Crippen LogP contribution in [0.2, 0.25) is 5.02 Å². The summed E-state index contributed by atoms with van der Waals surface area (Å²) in [7, 11) is 1.63. The maximum absolute atomic E-state index is 12.2. The van der Waals surface area contributed by atoms with Crippen molar-refractivity contribution in [3.05, 3.63) is 53.1 Å². The van der Waals surface area contributed by atoms with E-state index in [1.165, 1.54) is 0 Å². The molecule has 0 saturated heterocycles. The molecule has 0 aliphatic heterocycles. The first-order chi connectivity index (χ1) is 13.0. The van der Waals surface area contributed by atoms with E-state index in [0.29, 0.717) is 23.9 Å². The fraction of sp³-hybridized carbons (Fsp3) is 0.381. The van der Waals surface area contributed by atoms with Crippen LogP contribution in [0.25, 0.3) is 0 Å². The fourth-order valence-electron chi connectivity index (χ4n) is 2.59. The average Bonchev–Trinajstić information content (AvgIpc) is 2.66. The number of benzene rings is 2. The molecule has 2 rings (SSSR count). The minimum absolute atomic E-state index is 0.153. The number of carbonyl (C=O) groups is 1. The Kier molecular flexibility index (Phi) is 8.27. The number of amides is 1. The Balaban J connectivity index is 1.76. The Bertz CT molecular complexity index is 751. The molecule has 1 N–H and O–H groups in total. The number of halogens is 1. The summed E-state index contributed by atoms with van der Waals surface area (Å²) in [5.41, 5.74) is 1.13. The molecule has 1 amide bonds. The Labute approximate surface area is 165 Å². The van der Waals surface area contributed by atoms with Gasteiger partial charge in [0.2, 0.25) is 0 Å². The highest BCUT2D eigenvalue weighted by molar-refractivity contribution is 6.30. The van der Waals surface area contributed by atoms with Gasteiger partial charge in [0, 0.05) is 11.6 Å². The predicted molar refractivity (Wildman–Crippen MR) is 107 cm³/mol. The van der Waals surface area contributed by atoms with Crippen LogP contribution in [0.3, 0.4) is 0 Å². The van der Waals surface area contributed by atoms with Crippen molar-refractivity contribution in [1.82, 2.24) is 5.32 Å². The van der Waals surface area contributed by atoms with Crippen LogP contribution < -0.4 is 19.5 Å². The summed E-state index contributed by atoms with van der Waals surface area (Å²) in [5.74, 6) is 1.89. The van der Waals surface area contributed by atoms with Crippen molar-refractivity contribution in [3.63, 3.8) is 0 Å². The van der Waals surface area contributed by atoms with Crippen molar-refractivity contribution >= 4 is 17.5 Å². The molecule has 146 valence electrons. The second kappa shape index (κ2) is 10.7. The lowest BCUT2D eigenvalue weighted by Crippen LogP contribution is -2.36. The van der Waals surface area contributed by atoms with Crippen molar-refractivity contribution in [2.24, 2.45) is 0 Å². The molecule has 0 fully saturated rings. The zero-order valence-electron chi connectivity index (χ0n) is 16.0. The molecule has 0 bridgehead atoms. The van der Waals surface area contributed by atoms with E-state index < -0.39 is 6.10 Å². The van der Waals surface area contributed by atoms with E-state index >= 15 is 0 Å². The first-order valence-corrected chi connectivity index (χ1v) is 9.41. The lowest BCUT2D eigenvalue weighted by molar-refractivity contribution is -0.127. The summed E-state index contributed by atoms with van der Waals surface area (Å²) < 4.78 is 16.5. The van der Waals surface area contributed by atoms with E-state index in [9.17, 15) is 4.79 Å². The number of methoxy groups -OCH3 is 1. The number of ether oxygens (including phenoxy) is 3. The van der Waals surface area contributed by atoms with Gasteiger partial charge in [0.15, 0.2) is 17.6 Å². The fourth-order valence-corrected chi connectivity index (χ4v) is 2.77. The highest BCUT2D eigenvalue weighted by Crippen LogP contribution is 2.28. The first-order valence-electron chi connectivity index (χ1n) is 9.03. The molecule has 0 spiro atoms. The van der Waals surface area contributed by atoms with Crippen LogP contribution in [0.1, 0.15) is 25.8 Å². The molecule has 2 aromatic rings. The van der Waals surface area contributed by atoms with Gasteiger partial charge in [0.25, 0.3) is 5.91 Å². The van der Waals surface area contributed by atoms with Crippen LogP contribution in [0, 0.1) is 0 Å². The molecule has 0 aliphatic carbocycles. The minimum Gasteiger partial charge on any atom is -0.493 e. The lowest BCUT2D eigenvalue weighted by atomic mass is 10.1. The van der Waals surface area contributed by atoms with Gasteiger partial charge in [-0.15, -0.1) is 0 Å². The van der Waals surface area contributed by atoms with Gasteiger partial charge in [-0.1, -0.05) is 23.7 Å². The van der Waals surface area contributed by atoms with Gasteiger partial charge in [0.05, 0.1) is 13.7 Å².